The fourth-order valence-electron chi connectivity index (χ4n) is 0.633. The maximum Gasteiger partial charge on any atom is 0.268 e. The highest BCUT2D eigenvalue weighted by Gasteiger charge is 2.07. The molecule has 1 heterocycles. The molecule has 3 N–H and O–H groups in total. The summed E-state index contributed by atoms with van der Waals surface area (Å²) in [6.45, 7) is 0. The van der Waals surface area contributed by atoms with Crippen molar-refractivity contribution in [3.05, 3.63) is 29.0 Å². The largest absolute Gasteiger partial charge is 0.290 e. The van der Waals surface area contributed by atoms with Crippen LogP contribution < -0.4 is 11.3 Å². The second kappa shape index (κ2) is 3.32. The first-order chi connectivity index (χ1) is 5.25. The van der Waals surface area contributed by atoms with Crippen LogP contribution in [0.2, 0.25) is 5.15 Å². The van der Waals surface area contributed by atoms with E-state index < -0.39 is 5.91 Å². The lowest BCUT2D eigenvalue weighted by Gasteiger charge is -1.98. The molecule has 0 unspecified atom stereocenters. The highest BCUT2D eigenvalue weighted by molar-refractivity contribution is 6.32. The molecule has 0 saturated heterocycles. The minimum atomic E-state index is -0.442. The number of nitrogens with two attached hydrogens (primary N) is 1. The second-order valence-corrected chi connectivity index (χ2v) is 2.17. The van der Waals surface area contributed by atoms with Gasteiger partial charge in [0.15, 0.2) is 0 Å². The number of carbonyl (C=O) groups is 1. The van der Waals surface area contributed by atoms with Crippen molar-refractivity contribution in [1.29, 1.82) is 0 Å². The Labute approximate surface area is 68.3 Å². The zero-order valence-corrected chi connectivity index (χ0v) is 6.30. The molecule has 1 rings (SSSR count). The number of carbonyl (C=O) groups excluding carboxylic acids is 1. The molecule has 5 heteroatoms. The maximum atomic E-state index is 10.9. The molecule has 0 spiro atoms. The van der Waals surface area contributed by atoms with Gasteiger partial charge in [0.1, 0.15) is 5.15 Å². The monoisotopic (exact) mass is 171 g/mol. The summed E-state index contributed by atoms with van der Waals surface area (Å²) in [5, 5.41) is 0.149. The van der Waals surface area contributed by atoms with Gasteiger partial charge < -0.3 is 0 Å². The third-order valence-corrected chi connectivity index (χ3v) is 1.44. The Bertz CT molecular complexity index is 276. The van der Waals surface area contributed by atoms with Crippen molar-refractivity contribution in [2.24, 2.45) is 5.84 Å². The zero-order chi connectivity index (χ0) is 8.27. The first-order valence-corrected chi connectivity index (χ1v) is 3.25. The van der Waals surface area contributed by atoms with Crippen molar-refractivity contribution in [2.45, 2.75) is 0 Å². The van der Waals surface area contributed by atoms with Gasteiger partial charge in [-0.05, 0) is 12.1 Å². The van der Waals surface area contributed by atoms with Crippen LogP contribution in [0.3, 0.4) is 0 Å². The summed E-state index contributed by atoms with van der Waals surface area (Å²) < 4.78 is 0. The van der Waals surface area contributed by atoms with Crippen LogP contribution in [0.1, 0.15) is 10.4 Å². The Hall–Kier alpha value is -1.13. The lowest BCUT2D eigenvalue weighted by atomic mass is 10.3. The number of aromatic nitrogens is 1. The summed E-state index contributed by atoms with van der Waals surface area (Å²) in [6, 6.07) is 3.15. The Balaban J connectivity index is 3.03. The number of hydrogen-bond acceptors (Lipinski definition) is 3. The fraction of sp³-hybridized carbons (Fsp3) is 0. The van der Waals surface area contributed by atoms with E-state index >= 15 is 0 Å². The van der Waals surface area contributed by atoms with E-state index in [1.807, 2.05) is 5.43 Å². The molecule has 0 atom stereocenters. The molecule has 0 fully saturated rings. The van der Waals surface area contributed by atoms with Gasteiger partial charge in [-0.1, -0.05) is 11.6 Å². The third-order valence-electron chi connectivity index (χ3n) is 1.13. The summed E-state index contributed by atoms with van der Waals surface area (Å²) >= 11 is 5.57. The number of nitrogen functional groups attached to an aromatic ring is 1. The topological polar surface area (TPSA) is 68.0 Å². The van der Waals surface area contributed by atoms with E-state index in [0.717, 1.165) is 0 Å². The van der Waals surface area contributed by atoms with Gasteiger partial charge >= 0.3 is 0 Å². The van der Waals surface area contributed by atoms with Crippen molar-refractivity contribution in [3.63, 3.8) is 0 Å². The highest BCUT2D eigenvalue weighted by Crippen LogP contribution is 2.10. The number of hydrazine groups is 1. The predicted molar refractivity (Wildman–Crippen MR) is 40.9 cm³/mol. The van der Waals surface area contributed by atoms with E-state index in [-0.39, 0.29) is 10.7 Å². The second-order valence-electron chi connectivity index (χ2n) is 1.82. The van der Waals surface area contributed by atoms with Crippen LogP contribution in [0.15, 0.2) is 18.3 Å². The summed E-state index contributed by atoms with van der Waals surface area (Å²) in [6.07, 6.45) is 1.50. The minimum Gasteiger partial charge on any atom is -0.290 e. The number of nitrogens with one attached hydrogen (secondary N) is 1. The first-order valence-electron chi connectivity index (χ1n) is 2.87. The van der Waals surface area contributed by atoms with Crippen LogP contribution >= 0.6 is 11.6 Å². The molecule has 0 saturated carbocycles. The summed E-state index contributed by atoms with van der Waals surface area (Å²) in [5.74, 6) is 4.45. The van der Waals surface area contributed by atoms with Gasteiger partial charge in [-0.2, -0.15) is 0 Å². The Morgan fingerprint density at radius 3 is 3.00 bits per heavy atom. The van der Waals surface area contributed by atoms with Gasteiger partial charge in [0.2, 0.25) is 0 Å². The van der Waals surface area contributed by atoms with Crippen LogP contribution in [-0.4, -0.2) is 10.9 Å². The Morgan fingerprint density at radius 1 is 1.73 bits per heavy atom. The van der Waals surface area contributed by atoms with Crippen LogP contribution in [0, 0.1) is 0 Å². The van der Waals surface area contributed by atoms with Crippen LogP contribution in [0.4, 0.5) is 0 Å². The molecule has 0 aliphatic heterocycles. The number of amides is 1. The van der Waals surface area contributed by atoms with Crippen molar-refractivity contribution in [1.82, 2.24) is 10.4 Å². The van der Waals surface area contributed by atoms with Crippen LogP contribution in [-0.2, 0) is 0 Å². The number of pyridine rings is 1. The van der Waals surface area contributed by atoms with Crippen molar-refractivity contribution >= 4 is 17.5 Å². The molecule has 58 valence electrons. The molecule has 4 nitrogen and oxygen atoms in total. The molecule has 1 aromatic heterocycles. The molecular formula is C6H6ClN3O. The molecule has 11 heavy (non-hydrogen) atoms. The number of hydrogen-bond donors (Lipinski definition) is 2. The molecule has 0 radical (unpaired) electrons. The Morgan fingerprint density at radius 2 is 2.45 bits per heavy atom. The molecule has 0 aliphatic rings. The van der Waals surface area contributed by atoms with E-state index in [4.69, 9.17) is 17.4 Å². The van der Waals surface area contributed by atoms with Crippen LogP contribution in [0.25, 0.3) is 0 Å². The zero-order valence-electron chi connectivity index (χ0n) is 5.54. The molecule has 1 aromatic rings. The van der Waals surface area contributed by atoms with E-state index in [9.17, 15) is 4.79 Å². The normalized spacial score (nSPS) is 9.27. The van der Waals surface area contributed by atoms with Gasteiger partial charge in [-0.15, -0.1) is 0 Å². The molecule has 0 bridgehead atoms. The maximum absolute atomic E-state index is 10.9. The van der Waals surface area contributed by atoms with Gasteiger partial charge in [0.25, 0.3) is 5.91 Å². The molecular weight excluding hydrogens is 166 g/mol. The number of nitrogens with zero attached hydrogens (tertiary/aromatic N) is 1. The van der Waals surface area contributed by atoms with Crippen molar-refractivity contribution < 1.29 is 4.79 Å². The lowest BCUT2D eigenvalue weighted by molar-refractivity contribution is 0.0953. The summed E-state index contributed by atoms with van der Waals surface area (Å²) in [4.78, 5) is 14.6. The standard InChI is InChI=1S/C6H6ClN3O/c7-5-4(6(11)10-8)2-1-3-9-5/h1-3H,8H2,(H,10,11). The van der Waals surface area contributed by atoms with E-state index in [0.29, 0.717) is 0 Å². The van der Waals surface area contributed by atoms with Crippen molar-refractivity contribution in [2.75, 3.05) is 0 Å². The van der Waals surface area contributed by atoms with Gasteiger partial charge in [-0.25, -0.2) is 10.8 Å². The van der Waals surface area contributed by atoms with E-state index in [2.05, 4.69) is 4.98 Å². The average Bonchev–Trinajstić information content (AvgIpc) is 2.04. The molecule has 0 aromatic carbocycles. The number of halogens is 1. The van der Waals surface area contributed by atoms with E-state index in [1.165, 1.54) is 12.3 Å². The first kappa shape index (κ1) is 7.97. The molecule has 0 aliphatic carbocycles. The van der Waals surface area contributed by atoms with Gasteiger partial charge in [0.05, 0.1) is 5.56 Å². The molecule has 1 amide bonds. The van der Waals surface area contributed by atoms with Gasteiger partial charge in [0, 0.05) is 6.20 Å². The average molecular weight is 172 g/mol. The summed E-state index contributed by atoms with van der Waals surface area (Å²) in [7, 11) is 0. The van der Waals surface area contributed by atoms with E-state index in [1.54, 1.807) is 6.07 Å². The quantitative estimate of drug-likeness (QED) is 0.277. The number of rotatable bonds is 1. The fourth-order valence-corrected chi connectivity index (χ4v) is 0.838. The Kier molecular flexibility index (Phi) is 2.40. The third kappa shape index (κ3) is 1.66. The SMILES string of the molecule is NNC(=O)c1cccnc1Cl. The van der Waals surface area contributed by atoms with Crippen molar-refractivity contribution in [3.8, 4) is 0 Å². The highest BCUT2D eigenvalue weighted by atomic mass is 35.5. The lowest BCUT2D eigenvalue weighted by Crippen LogP contribution is -2.30. The van der Waals surface area contributed by atoms with Crippen LogP contribution in [0.5, 0.6) is 0 Å². The van der Waals surface area contributed by atoms with Gasteiger partial charge in [-0.3, -0.25) is 10.2 Å². The summed E-state index contributed by atoms with van der Waals surface area (Å²) in [5.41, 5.74) is 2.23. The smallest absolute Gasteiger partial charge is 0.268 e. The minimum absolute atomic E-state index is 0.149. The predicted octanol–water partition coefficient (Wildman–Crippen LogP) is 0.338.